The van der Waals surface area contributed by atoms with Crippen LogP contribution in [0.25, 0.3) is 0 Å². The summed E-state index contributed by atoms with van der Waals surface area (Å²) in [4.78, 5) is 24.7. The van der Waals surface area contributed by atoms with Gasteiger partial charge < -0.3 is 15.0 Å². The third-order valence-electron chi connectivity index (χ3n) is 5.47. The zero-order chi connectivity index (χ0) is 16.9. The van der Waals surface area contributed by atoms with Crippen molar-refractivity contribution in [3.63, 3.8) is 0 Å². The van der Waals surface area contributed by atoms with Crippen molar-refractivity contribution in [2.24, 2.45) is 5.92 Å². The summed E-state index contributed by atoms with van der Waals surface area (Å²) in [6.07, 6.45) is 13.0. The van der Waals surface area contributed by atoms with Gasteiger partial charge in [-0.15, -0.1) is 0 Å². The van der Waals surface area contributed by atoms with Crippen LogP contribution in [0.3, 0.4) is 0 Å². The first kappa shape index (κ1) is 17.1. The number of rotatable bonds is 4. The van der Waals surface area contributed by atoms with Crippen LogP contribution >= 0.6 is 0 Å². The lowest BCUT2D eigenvalue weighted by Crippen LogP contribution is -2.37. The smallest absolute Gasteiger partial charge is 0.256 e. The van der Waals surface area contributed by atoms with E-state index in [1.165, 1.54) is 31.7 Å². The van der Waals surface area contributed by atoms with Gasteiger partial charge in [0.1, 0.15) is 5.75 Å². The van der Waals surface area contributed by atoms with E-state index in [9.17, 15) is 14.7 Å². The Balaban J connectivity index is 1.73. The lowest BCUT2D eigenvalue weighted by atomic mass is 9.89. The molecular weight excluding hydrogens is 304 g/mol. The molecule has 132 valence electrons. The number of aromatic nitrogens is 1. The molecule has 0 radical (unpaired) electrons. The molecule has 1 aromatic heterocycles. The van der Waals surface area contributed by atoms with Crippen LogP contribution in [0.1, 0.15) is 74.6 Å². The molecule has 1 aromatic rings. The van der Waals surface area contributed by atoms with Crippen molar-refractivity contribution in [1.82, 2.24) is 9.88 Å². The second kappa shape index (κ2) is 7.86. The average Bonchev–Trinajstić information content (AvgIpc) is 2.59. The number of amides is 1. The Morgan fingerprint density at radius 3 is 2.38 bits per heavy atom. The van der Waals surface area contributed by atoms with E-state index in [1.807, 2.05) is 0 Å². The first-order valence-corrected chi connectivity index (χ1v) is 9.38. The third kappa shape index (κ3) is 4.19. The monoisotopic (exact) mass is 332 g/mol. The Bertz CT molecular complexity index is 626. The van der Waals surface area contributed by atoms with Crippen molar-refractivity contribution in [3.8, 4) is 5.75 Å². The van der Waals surface area contributed by atoms with Crippen molar-refractivity contribution in [2.45, 2.75) is 76.8 Å². The predicted octanol–water partition coefficient (Wildman–Crippen LogP) is 3.20. The number of hydrogen-bond acceptors (Lipinski definition) is 3. The van der Waals surface area contributed by atoms with E-state index in [1.54, 1.807) is 10.8 Å². The highest BCUT2D eigenvalue weighted by Crippen LogP contribution is 2.25. The summed E-state index contributed by atoms with van der Waals surface area (Å²) in [6.45, 7) is 0.642. The Kier molecular flexibility index (Phi) is 5.59. The van der Waals surface area contributed by atoms with Crippen LogP contribution in [0.5, 0.6) is 5.75 Å². The third-order valence-corrected chi connectivity index (χ3v) is 5.47. The first-order chi connectivity index (χ1) is 11.6. The van der Waals surface area contributed by atoms with E-state index >= 15 is 0 Å². The molecule has 2 aliphatic rings. The zero-order valence-corrected chi connectivity index (χ0v) is 14.3. The minimum Gasteiger partial charge on any atom is -0.507 e. The van der Waals surface area contributed by atoms with Gasteiger partial charge in [-0.05, 0) is 31.6 Å². The van der Waals surface area contributed by atoms with E-state index in [0.717, 1.165) is 38.5 Å². The number of hydrogen-bond donors (Lipinski definition) is 2. The summed E-state index contributed by atoms with van der Waals surface area (Å²) in [7, 11) is 0. The van der Waals surface area contributed by atoms with E-state index in [0.29, 0.717) is 12.5 Å². The second-order valence-corrected chi connectivity index (χ2v) is 7.38. The SMILES string of the molecule is O=C(NC1CCCCC1)c1cn(CC2CCCCC2)c(=O)cc1O. The fourth-order valence-electron chi connectivity index (χ4n) is 4.04. The molecule has 3 rings (SSSR count). The molecule has 2 saturated carbocycles. The number of nitrogens with one attached hydrogen (secondary N) is 1. The molecule has 2 aliphatic carbocycles. The highest BCUT2D eigenvalue weighted by Gasteiger charge is 2.21. The second-order valence-electron chi connectivity index (χ2n) is 7.38. The van der Waals surface area contributed by atoms with E-state index < -0.39 is 0 Å². The van der Waals surface area contributed by atoms with Crippen molar-refractivity contribution >= 4 is 5.91 Å². The van der Waals surface area contributed by atoms with Crippen LogP contribution in [-0.2, 0) is 6.54 Å². The van der Waals surface area contributed by atoms with Gasteiger partial charge in [-0.25, -0.2) is 0 Å². The Morgan fingerprint density at radius 1 is 1.08 bits per heavy atom. The molecule has 1 amide bonds. The molecule has 5 heteroatoms. The van der Waals surface area contributed by atoms with Gasteiger partial charge in [0.05, 0.1) is 5.56 Å². The zero-order valence-electron chi connectivity index (χ0n) is 14.3. The van der Waals surface area contributed by atoms with Crippen molar-refractivity contribution in [2.75, 3.05) is 0 Å². The molecule has 0 spiro atoms. The highest BCUT2D eigenvalue weighted by atomic mass is 16.3. The van der Waals surface area contributed by atoms with Crippen molar-refractivity contribution in [1.29, 1.82) is 0 Å². The molecule has 5 nitrogen and oxygen atoms in total. The van der Waals surface area contributed by atoms with Gasteiger partial charge >= 0.3 is 0 Å². The summed E-state index contributed by atoms with van der Waals surface area (Å²) < 4.78 is 1.60. The summed E-state index contributed by atoms with van der Waals surface area (Å²) >= 11 is 0. The molecule has 1 heterocycles. The number of pyridine rings is 1. The van der Waals surface area contributed by atoms with Gasteiger partial charge in [0, 0.05) is 24.8 Å². The van der Waals surface area contributed by atoms with Gasteiger partial charge in [-0.2, -0.15) is 0 Å². The lowest BCUT2D eigenvalue weighted by molar-refractivity contribution is 0.0924. The van der Waals surface area contributed by atoms with E-state index in [2.05, 4.69) is 5.32 Å². The molecule has 0 aliphatic heterocycles. The number of nitrogens with zero attached hydrogens (tertiary/aromatic N) is 1. The predicted molar refractivity (Wildman–Crippen MR) is 93.3 cm³/mol. The fraction of sp³-hybridized carbons (Fsp3) is 0.684. The minimum atomic E-state index is -0.267. The quantitative estimate of drug-likeness (QED) is 0.889. The normalized spacial score (nSPS) is 20.0. The van der Waals surface area contributed by atoms with Crippen LogP contribution in [-0.4, -0.2) is 21.6 Å². The molecule has 0 atom stereocenters. The van der Waals surface area contributed by atoms with Gasteiger partial charge in [0.2, 0.25) is 0 Å². The number of aromatic hydroxyl groups is 1. The highest BCUT2D eigenvalue weighted by molar-refractivity contribution is 5.96. The number of carbonyl (C=O) groups excluding carboxylic acids is 1. The summed E-state index contributed by atoms with van der Waals surface area (Å²) in [6, 6.07) is 1.36. The standard InChI is InChI=1S/C19H28N2O3/c22-17-11-18(23)21(12-14-7-3-1-4-8-14)13-16(17)19(24)20-15-9-5-2-6-10-15/h11,13-15,22H,1-10,12H2,(H,20,24). The molecule has 0 saturated heterocycles. The topological polar surface area (TPSA) is 71.3 Å². The first-order valence-electron chi connectivity index (χ1n) is 9.38. The van der Waals surface area contributed by atoms with E-state index in [4.69, 9.17) is 0 Å². The Morgan fingerprint density at radius 2 is 1.71 bits per heavy atom. The van der Waals surface area contributed by atoms with Crippen LogP contribution in [0.4, 0.5) is 0 Å². The van der Waals surface area contributed by atoms with Crippen molar-refractivity contribution in [3.05, 3.63) is 28.2 Å². The van der Waals surface area contributed by atoms with Gasteiger partial charge in [-0.1, -0.05) is 38.5 Å². The van der Waals surface area contributed by atoms with Crippen LogP contribution in [0.2, 0.25) is 0 Å². The van der Waals surface area contributed by atoms with Crippen molar-refractivity contribution < 1.29 is 9.90 Å². The molecular formula is C19H28N2O3. The minimum absolute atomic E-state index is 0.185. The summed E-state index contributed by atoms with van der Waals surface area (Å²) in [5.41, 5.74) is -0.0109. The Labute approximate surface area is 143 Å². The van der Waals surface area contributed by atoms with Gasteiger partial charge in [0.25, 0.3) is 11.5 Å². The maximum Gasteiger partial charge on any atom is 0.256 e. The largest absolute Gasteiger partial charge is 0.507 e. The average molecular weight is 332 g/mol. The van der Waals surface area contributed by atoms with E-state index in [-0.39, 0.29) is 28.8 Å². The van der Waals surface area contributed by atoms with Crippen LogP contribution in [0.15, 0.2) is 17.1 Å². The molecule has 2 fully saturated rings. The fourth-order valence-corrected chi connectivity index (χ4v) is 4.04. The summed E-state index contributed by atoms with van der Waals surface area (Å²) in [5.74, 6) is 0.0141. The lowest BCUT2D eigenvalue weighted by Gasteiger charge is -2.24. The molecule has 0 bridgehead atoms. The van der Waals surface area contributed by atoms with Crippen LogP contribution in [0, 0.1) is 5.92 Å². The van der Waals surface area contributed by atoms with Crippen LogP contribution < -0.4 is 10.9 Å². The molecule has 0 unspecified atom stereocenters. The summed E-state index contributed by atoms with van der Waals surface area (Å²) in [5, 5.41) is 13.1. The molecule has 2 N–H and O–H groups in total. The molecule has 24 heavy (non-hydrogen) atoms. The Hall–Kier alpha value is -1.78. The maximum absolute atomic E-state index is 12.5. The molecule has 0 aromatic carbocycles. The maximum atomic E-state index is 12.5. The van der Waals surface area contributed by atoms with Gasteiger partial charge in [-0.3, -0.25) is 9.59 Å². The van der Waals surface area contributed by atoms with Gasteiger partial charge in [0.15, 0.2) is 0 Å². The number of carbonyl (C=O) groups is 1.